The van der Waals surface area contributed by atoms with E-state index in [4.69, 9.17) is 0 Å². The number of benzene rings is 10. The first-order valence-corrected chi connectivity index (χ1v) is 33.5. The summed E-state index contributed by atoms with van der Waals surface area (Å²) in [4.78, 5) is 7.83. The van der Waals surface area contributed by atoms with Crippen LogP contribution in [0.4, 0.5) is 51.2 Å². The summed E-state index contributed by atoms with van der Waals surface area (Å²) in [6.45, 7) is 35.0. The van der Waals surface area contributed by atoms with Gasteiger partial charge in [-0.05, 0) is 175 Å². The Morgan fingerprint density at radius 2 is 0.820 bits per heavy atom. The van der Waals surface area contributed by atoms with Crippen LogP contribution in [0.1, 0.15) is 132 Å². The highest BCUT2D eigenvalue weighted by atomic mass is 32.1. The maximum absolute atomic E-state index is 2.69. The molecule has 0 unspecified atom stereocenters. The molecule has 5 heterocycles. The minimum absolute atomic E-state index is 0.0252. The average molecular weight is 1200 g/mol. The van der Waals surface area contributed by atoms with Gasteiger partial charge in [0.25, 0.3) is 6.71 Å². The zero-order valence-corrected chi connectivity index (χ0v) is 55.9. The number of rotatable bonds is 6. The molecule has 4 nitrogen and oxygen atoms in total. The van der Waals surface area contributed by atoms with Gasteiger partial charge in [-0.2, -0.15) is 0 Å². The van der Waals surface area contributed by atoms with Crippen molar-refractivity contribution in [3.63, 3.8) is 0 Å². The predicted molar refractivity (Wildman–Crippen MR) is 391 cm³/mol. The zero-order chi connectivity index (χ0) is 62.0. The minimum atomic E-state index is -0.143. The molecule has 0 saturated heterocycles. The number of thiophene rings is 2. The van der Waals surface area contributed by atoms with E-state index in [0.717, 1.165) is 28.4 Å². The van der Waals surface area contributed by atoms with Crippen molar-refractivity contribution in [2.45, 2.75) is 131 Å². The highest BCUT2D eigenvalue weighted by Gasteiger charge is 2.48. The van der Waals surface area contributed by atoms with Crippen LogP contribution < -0.4 is 30.4 Å². The Bertz CT molecular complexity index is 4880. The van der Waals surface area contributed by atoms with E-state index in [9.17, 15) is 0 Å². The van der Waals surface area contributed by atoms with Crippen LogP contribution in [-0.4, -0.2) is 11.3 Å². The lowest BCUT2D eigenvalue weighted by Gasteiger charge is -2.44. The molecule has 0 N–H and O–H groups in total. The second-order valence-corrected chi connectivity index (χ2v) is 32.4. The predicted octanol–water partition coefficient (Wildman–Crippen LogP) is 22.4. The van der Waals surface area contributed by atoms with E-state index in [2.05, 4.69) is 329 Å². The molecule has 7 heteroatoms. The van der Waals surface area contributed by atoms with E-state index < -0.39 is 0 Å². The van der Waals surface area contributed by atoms with Crippen LogP contribution in [-0.2, 0) is 27.1 Å². The van der Waals surface area contributed by atoms with Gasteiger partial charge in [0.1, 0.15) is 0 Å². The van der Waals surface area contributed by atoms with Crippen LogP contribution in [0.5, 0.6) is 0 Å². The number of aromatic nitrogens is 1. The van der Waals surface area contributed by atoms with E-state index >= 15 is 0 Å². The van der Waals surface area contributed by atoms with Crippen molar-refractivity contribution >= 4 is 148 Å². The summed E-state index contributed by atoms with van der Waals surface area (Å²) in [6, 6.07) is 79.8. The fourth-order valence-corrected chi connectivity index (χ4v) is 16.8. The maximum atomic E-state index is 2.69. The van der Waals surface area contributed by atoms with E-state index in [0.29, 0.717) is 0 Å². The van der Waals surface area contributed by atoms with Gasteiger partial charge < -0.3 is 19.3 Å². The third-order valence-corrected chi connectivity index (χ3v) is 21.5. The van der Waals surface area contributed by atoms with E-state index in [1.165, 1.54) is 124 Å². The molecule has 0 atom stereocenters. The van der Waals surface area contributed by atoms with Gasteiger partial charge in [-0.25, -0.2) is 0 Å². The van der Waals surface area contributed by atoms with Gasteiger partial charge in [-0.15, -0.1) is 22.7 Å². The van der Waals surface area contributed by atoms with Crippen LogP contribution in [0.2, 0.25) is 0 Å². The van der Waals surface area contributed by atoms with Crippen LogP contribution in [0.15, 0.2) is 206 Å². The molecule has 442 valence electrons. The first-order chi connectivity index (χ1) is 42.3. The summed E-state index contributed by atoms with van der Waals surface area (Å²) < 4.78 is 7.92. The summed E-state index contributed by atoms with van der Waals surface area (Å²) in [5.41, 5.74) is 23.0. The minimum Gasteiger partial charge on any atom is -0.311 e. The second kappa shape index (κ2) is 20.1. The van der Waals surface area contributed by atoms with E-state index in [1.807, 2.05) is 22.7 Å². The number of hydrogen-bond donors (Lipinski definition) is 0. The highest BCUT2D eigenvalue weighted by molar-refractivity contribution is 7.35. The number of nitrogens with zero attached hydrogens (tertiary/aromatic N) is 4. The van der Waals surface area contributed by atoms with Crippen LogP contribution >= 0.6 is 22.7 Å². The quantitative estimate of drug-likeness (QED) is 0.154. The standard InChI is InChI=1S/C82H79BN4S2/c1-78(2,3)50-33-38-57(39-34-50)86-68-48-59(84(55-26-18-16-19-27-55)56-28-20-17-21-29-56)47-67-73(68)83(77-75(86)63-46-54(82(13,14)15)37-42-71(63)89-77)74-69(85(67)58-30-24-25-51(43-58)79(4,5)6)49-66(72-60-31-22-23-32-70(60)88-76(72)74)87-64-40-35-52(80(7,8)9)44-61(64)62-45-53(81(10,11)12)36-41-65(62)87/h16-49H,1-15H3. The Hall–Kier alpha value is -8.36. The largest absolute Gasteiger partial charge is 0.311 e. The molecule has 0 radical (unpaired) electrons. The smallest absolute Gasteiger partial charge is 0.266 e. The summed E-state index contributed by atoms with van der Waals surface area (Å²) >= 11 is 3.96. The van der Waals surface area contributed by atoms with Crippen molar-refractivity contribution in [1.82, 2.24) is 4.57 Å². The first kappa shape index (κ1) is 57.1. The zero-order valence-electron chi connectivity index (χ0n) is 54.3. The van der Waals surface area contributed by atoms with Crippen molar-refractivity contribution in [3.05, 3.63) is 234 Å². The van der Waals surface area contributed by atoms with E-state index in [-0.39, 0.29) is 33.8 Å². The van der Waals surface area contributed by atoms with Crippen molar-refractivity contribution in [3.8, 4) is 5.69 Å². The normalized spacial score (nSPS) is 13.7. The topological polar surface area (TPSA) is 14.7 Å². The Kier molecular flexibility index (Phi) is 12.9. The molecule has 2 aliphatic rings. The monoisotopic (exact) mass is 1190 g/mol. The SMILES string of the molecule is CC(C)(C)c1ccc(N2c3cc(N(c4ccccc4)c4ccccc4)cc4c3B(c3sc5ccc(C(C)(C)C)cc5c32)c2c(cc(-n3c5ccc(C(C)(C)C)cc5c5cc(C(C)(C)C)ccc53)c3c2sc2ccccc23)N4c2cccc(C(C)(C)C)c2)cc1. The molecular weight excluding hydrogens is 1120 g/mol. The number of anilines is 9. The summed E-state index contributed by atoms with van der Waals surface area (Å²) in [7, 11) is 0. The van der Waals surface area contributed by atoms with Crippen molar-refractivity contribution < 1.29 is 0 Å². The van der Waals surface area contributed by atoms with Crippen molar-refractivity contribution in [1.29, 1.82) is 0 Å². The van der Waals surface area contributed by atoms with Crippen LogP contribution in [0.3, 0.4) is 0 Å². The van der Waals surface area contributed by atoms with Gasteiger partial charge in [0.2, 0.25) is 0 Å². The molecular formula is C82H79BN4S2. The molecule has 0 amide bonds. The maximum Gasteiger partial charge on any atom is 0.266 e. The lowest BCUT2D eigenvalue weighted by Crippen LogP contribution is -2.60. The Morgan fingerprint density at radius 1 is 0.337 bits per heavy atom. The molecule has 13 aromatic rings. The van der Waals surface area contributed by atoms with Crippen molar-refractivity contribution in [2.75, 3.05) is 14.7 Å². The number of fused-ring (bicyclic) bond motifs is 13. The summed E-state index contributed by atoms with van der Waals surface area (Å²) in [5, 5.41) is 6.44. The van der Waals surface area contributed by atoms with E-state index in [1.54, 1.807) is 0 Å². The number of hydrogen-bond acceptors (Lipinski definition) is 5. The summed E-state index contributed by atoms with van der Waals surface area (Å²) in [5.74, 6) is 0. The lowest BCUT2D eigenvalue weighted by molar-refractivity contribution is 0.590. The van der Waals surface area contributed by atoms with Gasteiger partial charge in [0, 0.05) is 85.6 Å². The number of para-hydroxylation sites is 2. The fourth-order valence-electron chi connectivity index (χ4n) is 14.2. The average Bonchev–Trinajstić information content (AvgIpc) is 1.69. The Morgan fingerprint density at radius 3 is 1.39 bits per heavy atom. The molecule has 10 aromatic carbocycles. The van der Waals surface area contributed by atoms with Gasteiger partial charge >= 0.3 is 0 Å². The molecule has 89 heavy (non-hydrogen) atoms. The molecule has 2 aliphatic heterocycles. The third-order valence-electron chi connectivity index (χ3n) is 19.1. The molecule has 15 rings (SSSR count). The fraction of sp³-hybridized carbons (Fsp3) is 0.244. The molecule has 3 aromatic heterocycles. The third kappa shape index (κ3) is 9.27. The molecule has 0 aliphatic carbocycles. The van der Waals surface area contributed by atoms with Crippen LogP contribution in [0, 0.1) is 0 Å². The molecule has 0 saturated carbocycles. The first-order valence-electron chi connectivity index (χ1n) is 31.9. The lowest BCUT2D eigenvalue weighted by atomic mass is 9.36. The Labute approximate surface area is 534 Å². The highest BCUT2D eigenvalue weighted by Crippen LogP contribution is 2.54. The summed E-state index contributed by atoms with van der Waals surface area (Å²) in [6.07, 6.45) is 0. The van der Waals surface area contributed by atoms with Gasteiger partial charge in [-0.1, -0.05) is 201 Å². The van der Waals surface area contributed by atoms with Gasteiger partial charge in [-0.3, -0.25) is 0 Å². The Balaban J connectivity index is 1.15. The van der Waals surface area contributed by atoms with Gasteiger partial charge in [0.05, 0.1) is 28.1 Å². The molecule has 0 spiro atoms. The molecule has 0 fully saturated rings. The second-order valence-electron chi connectivity index (χ2n) is 30.3. The van der Waals surface area contributed by atoms with Crippen molar-refractivity contribution in [2.24, 2.45) is 0 Å². The van der Waals surface area contributed by atoms with Gasteiger partial charge in [0.15, 0.2) is 0 Å². The van der Waals surface area contributed by atoms with Crippen LogP contribution in [0.25, 0.3) is 57.8 Å². The molecule has 0 bridgehead atoms.